The van der Waals surface area contributed by atoms with Gasteiger partial charge in [0.2, 0.25) is 0 Å². The van der Waals surface area contributed by atoms with E-state index in [-0.39, 0.29) is 6.42 Å². The molecule has 2 rings (SSSR count). The van der Waals surface area contributed by atoms with Gasteiger partial charge in [0.25, 0.3) is 0 Å². The molecule has 0 unspecified atom stereocenters. The highest BCUT2D eigenvalue weighted by Gasteiger charge is 2.17. The van der Waals surface area contributed by atoms with E-state index in [0.29, 0.717) is 24.7 Å². The van der Waals surface area contributed by atoms with Crippen molar-refractivity contribution in [1.29, 1.82) is 0 Å². The van der Waals surface area contributed by atoms with Gasteiger partial charge < -0.3 is 15.2 Å². The SMILES string of the molecule is O=C(O)CCNCc1cc(Cl)cc2c1OCC2. The largest absolute Gasteiger partial charge is 0.493 e. The van der Waals surface area contributed by atoms with E-state index in [1.54, 1.807) is 0 Å². The molecule has 1 aromatic carbocycles. The second kappa shape index (κ2) is 5.38. The number of fused-ring (bicyclic) bond motifs is 1. The molecule has 1 heterocycles. The predicted octanol–water partition coefficient (Wildman–Crippen LogP) is 1.84. The number of nitrogens with one attached hydrogen (secondary N) is 1. The zero-order valence-corrected chi connectivity index (χ0v) is 10.1. The second-order valence-corrected chi connectivity index (χ2v) is 4.41. The molecule has 2 N–H and O–H groups in total. The summed E-state index contributed by atoms with van der Waals surface area (Å²) in [7, 11) is 0. The first kappa shape index (κ1) is 12.2. The Morgan fingerprint density at radius 1 is 1.53 bits per heavy atom. The van der Waals surface area contributed by atoms with Crippen LogP contribution >= 0.6 is 11.6 Å². The number of halogens is 1. The van der Waals surface area contributed by atoms with Crippen LogP contribution in [0.2, 0.25) is 5.02 Å². The van der Waals surface area contributed by atoms with Gasteiger partial charge in [-0.1, -0.05) is 11.6 Å². The summed E-state index contributed by atoms with van der Waals surface area (Å²) in [6.07, 6.45) is 1.00. The number of aliphatic carboxylic acids is 1. The Hall–Kier alpha value is -1.26. The van der Waals surface area contributed by atoms with Gasteiger partial charge in [-0.05, 0) is 17.7 Å². The lowest BCUT2D eigenvalue weighted by molar-refractivity contribution is -0.136. The van der Waals surface area contributed by atoms with Gasteiger partial charge in [-0.3, -0.25) is 4.79 Å². The topological polar surface area (TPSA) is 58.6 Å². The molecular formula is C12H14ClNO3. The molecule has 17 heavy (non-hydrogen) atoms. The van der Waals surface area contributed by atoms with E-state index in [9.17, 15) is 4.79 Å². The highest BCUT2D eigenvalue weighted by atomic mass is 35.5. The van der Waals surface area contributed by atoms with Crippen LogP contribution in [-0.2, 0) is 17.8 Å². The Morgan fingerprint density at radius 3 is 3.12 bits per heavy atom. The Balaban J connectivity index is 1.98. The predicted molar refractivity (Wildman–Crippen MR) is 64.6 cm³/mol. The minimum Gasteiger partial charge on any atom is -0.493 e. The van der Waals surface area contributed by atoms with E-state index in [0.717, 1.165) is 23.3 Å². The lowest BCUT2D eigenvalue weighted by atomic mass is 10.1. The van der Waals surface area contributed by atoms with Crippen molar-refractivity contribution in [1.82, 2.24) is 5.32 Å². The fraction of sp³-hybridized carbons (Fsp3) is 0.417. The molecule has 92 valence electrons. The van der Waals surface area contributed by atoms with Gasteiger partial charge in [0.1, 0.15) is 5.75 Å². The van der Waals surface area contributed by atoms with Crippen molar-refractivity contribution >= 4 is 17.6 Å². The summed E-state index contributed by atoms with van der Waals surface area (Å²) in [6, 6.07) is 3.78. The molecule has 0 amide bonds. The summed E-state index contributed by atoms with van der Waals surface area (Å²) in [5.41, 5.74) is 2.13. The summed E-state index contributed by atoms with van der Waals surface area (Å²) in [6.45, 7) is 1.71. The van der Waals surface area contributed by atoms with Crippen LogP contribution in [0.3, 0.4) is 0 Å². The Morgan fingerprint density at radius 2 is 2.35 bits per heavy atom. The van der Waals surface area contributed by atoms with Gasteiger partial charge in [0, 0.05) is 30.1 Å². The van der Waals surface area contributed by atoms with E-state index >= 15 is 0 Å². The minimum atomic E-state index is -0.801. The first-order chi connectivity index (χ1) is 8.16. The minimum absolute atomic E-state index is 0.115. The van der Waals surface area contributed by atoms with Crippen LogP contribution in [0.5, 0.6) is 5.75 Å². The molecule has 4 nitrogen and oxygen atoms in total. The maximum absolute atomic E-state index is 10.4. The van der Waals surface area contributed by atoms with E-state index in [2.05, 4.69) is 5.32 Å². The zero-order chi connectivity index (χ0) is 12.3. The molecule has 1 aliphatic heterocycles. The van der Waals surface area contributed by atoms with Crippen LogP contribution in [0.15, 0.2) is 12.1 Å². The van der Waals surface area contributed by atoms with Crippen LogP contribution in [0, 0.1) is 0 Å². The van der Waals surface area contributed by atoms with E-state index in [1.807, 2.05) is 12.1 Å². The lowest BCUT2D eigenvalue weighted by Gasteiger charge is -2.09. The van der Waals surface area contributed by atoms with Crippen molar-refractivity contribution in [3.8, 4) is 5.75 Å². The Kier molecular flexibility index (Phi) is 3.86. The highest BCUT2D eigenvalue weighted by molar-refractivity contribution is 6.30. The molecule has 0 fully saturated rings. The number of carboxylic acids is 1. The van der Waals surface area contributed by atoms with E-state index in [1.165, 1.54) is 0 Å². The van der Waals surface area contributed by atoms with Crippen molar-refractivity contribution in [2.24, 2.45) is 0 Å². The number of hydrogen-bond acceptors (Lipinski definition) is 3. The molecule has 1 aliphatic rings. The van der Waals surface area contributed by atoms with Crippen LogP contribution in [-0.4, -0.2) is 24.2 Å². The number of rotatable bonds is 5. The molecule has 0 saturated carbocycles. The van der Waals surface area contributed by atoms with Crippen molar-refractivity contribution in [3.63, 3.8) is 0 Å². The van der Waals surface area contributed by atoms with Gasteiger partial charge in [-0.25, -0.2) is 0 Å². The Labute approximate surface area is 105 Å². The number of hydrogen-bond donors (Lipinski definition) is 2. The van der Waals surface area contributed by atoms with Crippen molar-refractivity contribution in [2.45, 2.75) is 19.4 Å². The Bertz CT molecular complexity index is 434. The van der Waals surface area contributed by atoms with E-state index < -0.39 is 5.97 Å². The molecule has 0 atom stereocenters. The van der Waals surface area contributed by atoms with Crippen LogP contribution in [0.25, 0.3) is 0 Å². The zero-order valence-electron chi connectivity index (χ0n) is 9.33. The van der Waals surface area contributed by atoms with Gasteiger partial charge in [0.15, 0.2) is 0 Å². The smallest absolute Gasteiger partial charge is 0.304 e. The molecule has 0 saturated heterocycles. The highest BCUT2D eigenvalue weighted by Crippen LogP contribution is 2.32. The fourth-order valence-electron chi connectivity index (χ4n) is 1.90. The van der Waals surface area contributed by atoms with Gasteiger partial charge >= 0.3 is 5.97 Å². The third-order valence-electron chi connectivity index (χ3n) is 2.66. The summed E-state index contributed by atoms with van der Waals surface area (Å²) in [4.78, 5) is 10.4. The average molecular weight is 256 g/mol. The second-order valence-electron chi connectivity index (χ2n) is 3.97. The molecule has 0 radical (unpaired) electrons. The van der Waals surface area contributed by atoms with Gasteiger partial charge in [0.05, 0.1) is 13.0 Å². The van der Waals surface area contributed by atoms with Gasteiger partial charge in [-0.2, -0.15) is 0 Å². The number of benzene rings is 1. The lowest BCUT2D eigenvalue weighted by Crippen LogP contribution is -2.18. The van der Waals surface area contributed by atoms with Crippen LogP contribution in [0.1, 0.15) is 17.5 Å². The van der Waals surface area contributed by atoms with Gasteiger partial charge in [-0.15, -0.1) is 0 Å². The normalized spacial score (nSPS) is 13.2. The molecule has 1 aromatic rings. The molecule has 0 aliphatic carbocycles. The fourth-order valence-corrected chi connectivity index (χ4v) is 2.16. The maximum Gasteiger partial charge on any atom is 0.304 e. The average Bonchev–Trinajstić information content (AvgIpc) is 2.71. The van der Waals surface area contributed by atoms with Crippen molar-refractivity contribution in [3.05, 3.63) is 28.3 Å². The summed E-state index contributed by atoms with van der Waals surface area (Å²) in [5.74, 6) is 0.0993. The van der Waals surface area contributed by atoms with Crippen LogP contribution in [0.4, 0.5) is 0 Å². The summed E-state index contributed by atoms with van der Waals surface area (Å²) < 4.78 is 5.55. The number of ether oxygens (including phenoxy) is 1. The molecule has 5 heteroatoms. The number of carboxylic acid groups (broad SMARTS) is 1. The van der Waals surface area contributed by atoms with Crippen LogP contribution < -0.4 is 10.1 Å². The standard InChI is InChI=1S/C12H14ClNO3/c13-10-5-8-2-4-17-12(8)9(6-10)7-14-3-1-11(15)16/h5-6,14H,1-4,7H2,(H,15,16). The third-order valence-corrected chi connectivity index (χ3v) is 2.87. The first-order valence-corrected chi connectivity index (χ1v) is 5.91. The quantitative estimate of drug-likeness (QED) is 0.789. The summed E-state index contributed by atoms with van der Waals surface area (Å²) >= 11 is 6.01. The summed E-state index contributed by atoms with van der Waals surface area (Å²) in [5, 5.41) is 12.3. The van der Waals surface area contributed by atoms with Crippen molar-refractivity contribution in [2.75, 3.05) is 13.2 Å². The number of carbonyl (C=O) groups is 1. The maximum atomic E-state index is 10.4. The van der Waals surface area contributed by atoms with E-state index in [4.69, 9.17) is 21.4 Å². The monoisotopic (exact) mass is 255 g/mol. The first-order valence-electron chi connectivity index (χ1n) is 5.53. The molecule has 0 spiro atoms. The molecular weight excluding hydrogens is 242 g/mol. The molecule has 0 aromatic heterocycles. The van der Waals surface area contributed by atoms with Crippen molar-refractivity contribution < 1.29 is 14.6 Å². The third kappa shape index (κ3) is 3.11. The molecule has 0 bridgehead atoms.